The zero-order valence-corrected chi connectivity index (χ0v) is 12.9. The fourth-order valence-corrected chi connectivity index (χ4v) is 2.11. The average Bonchev–Trinajstić information content (AvgIpc) is 2.46. The Morgan fingerprint density at radius 2 is 1.81 bits per heavy atom. The molecular weight excluding hydrogens is 336 g/mol. The molecule has 0 aromatic heterocycles. The number of aliphatic carboxylic acids is 1. The number of ketones is 1. The predicted octanol–water partition coefficient (Wildman–Crippen LogP) is 3.45. The fourth-order valence-electron chi connectivity index (χ4n) is 1.84. The number of benzene rings is 2. The molecule has 0 amide bonds. The van der Waals surface area contributed by atoms with E-state index in [9.17, 15) is 9.59 Å². The van der Waals surface area contributed by atoms with E-state index in [2.05, 4.69) is 15.9 Å². The molecule has 0 heterocycles. The van der Waals surface area contributed by atoms with E-state index in [1.807, 2.05) is 6.92 Å². The Kier molecular flexibility index (Phi) is 4.75. The molecule has 0 bridgehead atoms. The highest BCUT2D eigenvalue weighted by molar-refractivity contribution is 9.10. The Morgan fingerprint density at radius 1 is 1.14 bits per heavy atom. The number of hydrogen-bond acceptors (Lipinski definition) is 3. The molecule has 1 N–H and O–H groups in total. The molecule has 0 saturated carbocycles. The SMILES string of the molecule is Cc1ccc(OCC(=O)O)c(C(=O)c2ccc(Br)cc2)c1. The van der Waals surface area contributed by atoms with Crippen molar-refractivity contribution in [2.45, 2.75) is 6.92 Å². The zero-order valence-electron chi connectivity index (χ0n) is 11.3. The molecule has 0 unspecified atom stereocenters. The quantitative estimate of drug-likeness (QED) is 0.840. The first-order chi connectivity index (χ1) is 9.97. The lowest BCUT2D eigenvalue weighted by molar-refractivity contribution is -0.139. The third kappa shape index (κ3) is 3.92. The Hall–Kier alpha value is -2.14. The molecule has 0 aliphatic carbocycles. The van der Waals surface area contributed by atoms with Gasteiger partial charge in [-0.2, -0.15) is 0 Å². The van der Waals surface area contributed by atoms with Crippen LogP contribution in [0.5, 0.6) is 5.75 Å². The van der Waals surface area contributed by atoms with Gasteiger partial charge in [-0.05, 0) is 43.3 Å². The largest absolute Gasteiger partial charge is 0.481 e. The van der Waals surface area contributed by atoms with Gasteiger partial charge in [0.1, 0.15) is 5.75 Å². The van der Waals surface area contributed by atoms with Crippen molar-refractivity contribution in [2.75, 3.05) is 6.61 Å². The van der Waals surface area contributed by atoms with E-state index in [0.717, 1.165) is 10.0 Å². The van der Waals surface area contributed by atoms with Gasteiger partial charge in [-0.15, -0.1) is 0 Å². The van der Waals surface area contributed by atoms with E-state index in [1.165, 1.54) is 0 Å². The summed E-state index contributed by atoms with van der Waals surface area (Å²) in [6, 6.07) is 12.1. The molecule has 5 heteroatoms. The van der Waals surface area contributed by atoms with Crippen LogP contribution in [0.25, 0.3) is 0 Å². The molecule has 0 aliphatic rings. The minimum Gasteiger partial charge on any atom is -0.481 e. The van der Waals surface area contributed by atoms with Crippen LogP contribution >= 0.6 is 15.9 Å². The smallest absolute Gasteiger partial charge is 0.341 e. The molecule has 2 aromatic rings. The molecule has 0 fully saturated rings. The van der Waals surface area contributed by atoms with Crippen LogP contribution in [0.4, 0.5) is 0 Å². The average molecular weight is 349 g/mol. The molecule has 0 radical (unpaired) electrons. The Labute approximate surface area is 130 Å². The molecule has 108 valence electrons. The maximum atomic E-state index is 12.5. The van der Waals surface area contributed by atoms with Crippen molar-refractivity contribution in [3.63, 3.8) is 0 Å². The molecule has 21 heavy (non-hydrogen) atoms. The molecule has 4 nitrogen and oxygen atoms in total. The van der Waals surface area contributed by atoms with Gasteiger partial charge in [0.15, 0.2) is 12.4 Å². The fraction of sp³-hybridized carbons (Fsp3) is 0.125. The minimum atomic E-state index is -1.09. The predicted molar refractivity (Wildman–Crippen MR) is 81.9 cm³/mol. The third-order valence-electron chi connectivity index (χ3n) is 2.84. The summed E-state index contributed by atoms with van der Waals surface area (Å²) in [5, 5.41) is 8.69. The third-order valence-corrected chi connectivity index (χ3v) is 3.37. The van der Waals surface area contributed by atoms with Crippen molar-refractivity contribution in [2.24, 2.45) is 0 Å². The van der Waals surface area contributed by atoms with Crippen molar-refractivity contribution in [1.29, 1.82) is 0 Å². The van der Waals surface area contributed by atoms with Gasteiger partial charge < -0.3 is 9.84 Å². The number of rotatable bonds is 5. The van der Waals surface area contributed by atoms with E-state index in [1.54, 1.807) is 42.5 Å². The van der Waals surface area contributed by atoms with Crippen molar-refractivity contribution >= 4 is 27.7 Å². The maximum Gasteiger partial charge on any atom is 0.341 e. The summed E-state index contributed by atoms with van der Waals surface area (Å²) >= 11 is 3.32. The van der Waals surface area contributed by atoms with E-state index >= 15 is 0 Å². The van der Waals surface area contributed by atoms with Gasteiger partial charge in [0, 0.05) is 10.0 Å². The van der Waals surface area contributed by atoms with Crippen molar-refractivity contribution in [1.82, 2.24) is 0 Å². The van der Waals surface area contributed by atoms with E-state index < -0.39 is 12.6 Å². The van der Waals surface area contributed by atoms with E-state index in [-0.39, 0.29) is 11.5 Å². The number of halogens is 1. The number of carbonyl (C=O) groups is 2. The summed E-state index contributed by atoms with van der Waals surface area (Å²) in [7, 11) is 0. The van der Waals surface area contributed by atoms with Gasteiger partial charge in [-0.1, -0.05) is 27.6 Å². The second-order valence-corrected chi connectivity index (χ2v) is 5.43. The Morgan fingerprint density at radius 3 is 2.43 bits per heavy atom. The standard InChI is InChI=1S/C16H13BrO4/c1-10-2-7-14(21-9-15(18)19)13(8-10)16(20)11-3-5-12(17)6-4-11/h2-8H,9H2,1H3,(H,18,19). The molecule has 0 spiro atoms. The first-order valence-corrected chi connectivity index (χ1v) is 7.02. The van der Waals surface area contributed by atoms with Gasteiger partial charge in [0.2, 0.25) is 0 Å². The summed E-state index contributed by atoms with van der Waals surface area (Å²) < 4.78 is 6.07. The van der Waals surface area contributed by atoms with Crippen LogP contribution in [0.1, 0.15) is 21.5 Å². The summed E-state index contributed by atoms with van der Waals surface area (Å²) in [6.45, 7) is 1.38. The van der Waals surface area contributed by atoms with E-state index in [4.69, 9.17) is 9.84 Å². The topological polar surface area (TPSA) is 63.6 Å². The van der Waals surface area contributed by atoms with Crippen LogP contribution in [-0.4, -0.2) is 23.5 Å². The molecule has 0 aliphatic heterocycles. The van der Waals surface area contributed by atoms with Crippen LogP contribution in [-0.2, 0) is 4.79 Å². The van der Waals surface area contributed by atoms with Gasteiger partial charge in [0.25, 0.3) is 0 Å². The molecule has 0 atom stereocenters. The van der Waals surface area contributed by atoms with Crippen molar-refractivity contribution in [3.05, 3.63) is 63.6 Å². The lowest BCUT2D eigenvalue weighted by Crippen LogP contribution is -2.12. The first-order valence-electron chi connectivity index (χ1n) is 6.23. The maximum absolute atomic E-state index is 12.5. The Bertz CT molecular complexity index is 677. The number of carboxylic acids is 1. The minimum absolute atomic E-state index is 0.202. The van der Waals surface area contributed by atoms with Crippen LogP contribution < -0.4 is 4.74 Å². The second kappa shape index (κ2) is 6.54. The van der Waals surface area contributed by atoms with Gasteiger partial charge in [0.05, 0.1) is 5.56 Å². The van der Waals surface area contributed by atoms with Crippen LogP contribution in [0.3, 0.4) is 0 Å². The van der Waals surface area contributed by atoms with Gasteiger partial charge in [-0.25, -0.2) is 4.79 Å². The molecule has 0 saturated heterocycles. The second-order valence-electron chi connectivity index (χ2n) is 4.52. The highest BCUT2D eigenvalue weighted by atomic mass is 79.9. The number of carboxylic acid groups (broad SMARTS) is 1. The molecule has 2 rings (SSSR count). The zero-order chi connectivity index (χ0) is 15.4. The van der Waals surface area contributed by atoms with Crippen molar-refractivity contribution in [3.8, 4) is 5.75 Å². The summed E-state index contributed by atoms with van der Waals surface area (Å²) in [4.78, 5) is 23.1. The normalized spacial score (nSPS) is 10.2. The molecular formula is C16H13BrO4. The summed E-state index contributed by atoms with van der Waals surface area (Å²) in [5.74, 6) is -1.01. The van der Waals surface area contributed by atoms with Crippen LogP contribution in [0, 0.1) is 6.92 Å². The number of ether oxygens (including phenoxy) is 1. The number of carbonyl (C=O) groups excluding carboxylic acids is 1. The summed E-state index contributed by atoms with van der Waals surface area (Å²) in [6.07, 6.45) is 0. The van der Waals surface area contributed by atoms with Crippen LogP contribution in [0.2, 0.25) is 0 Å². The monoisotopic (exact) mass is 348 g/mol. The highest BCUT2D eigenvalue weighted by Crippen LogP contribution is 2.24. The molecule has 2 aromatic carbocycles. The van der Waals surface area contributed by atoms with Crippen LogP contribution in [0.15, 0.2) is 46.9 Å². The number of hydrogen-bond donors (Lipinski definition) is 1. The van der Waals surface area contributed by atoms with Crippen molar-refractivity contribution < 1.29 is 19.4 Å². The first kappa shape index (κ1) is 15.3. The lowest BCUT2D eigenvalue weighted by Gasteiger charge is -2.10. The number of aryl methyl sites for hydroxylation is 1. The Balaban J connectivity index is 2.36. The van der Waals surface area contributed by atoms with Gasteiger partial charge in [-0.3, -0.25) is 4.79 Å². The highest BCUT2D eigenvalue weighted by Gasteiger charge is 2.16. The van der Waals surface area contributed by atoms with E-state index in [0.29, 0.717) is 11.1 Å². The summed E-state index contributed by atoms with van der Waals surface area (Å²) in [5.41, 5.74) is 1.78. The van der Waals surface area contributed by atoms with Gasteiger partial charge >= 0.3 is 5.97 Å². The lowest BCUT2D eigenvalue weighted by atomic mass is 10.0.